The number of hydrogen-bond donors (Lipinski definition) is 0. The van der Waals surface area contributed by atoms with Crippen LogP contribution < -0.4 is 4.90 Å². The zero-order valence-electron chi connectivity index (χ0n) is 12.3. The quantitative estimate of drug-likeness (QED) is 0.794. The van der Waals surface area contributed by atoms with Crippen LogP contribution in [0.3, 0.4) is 0 Å². The van der Waals surface area contributed by atoms with E-state index in [9.17, 15) is 9.59 Å². The molecule has 21 heavy (non-hydrogen) atoms. The smallest absolute Gasteiger partial charge is 0.230 e. The summed E-state index contributed by atoms with van der Waals surface area (Å²) in [4.78, 5) is 27.0. The van der Waals surface area contributed by atoms with Gasteiger partial charge in [-0.15, -0.1) is 0 Å². The van der Waals surface area contributed by atoms with E-state index >= 15 is 0 Å². The lowest BCUT2D eigenvalue weighted by Gasteiger charge is -2.38. The molecule has 2 atom stereocenters. The van der Waals surface area contributed by atoms with Crippen molar-refractivity contribution in [3.63, 3.8) is 0 Å². The summed E-state index contributed by atoms with van der Waals surface area (Å²) in [5.41, 5.74) is 2.36. The van der Waals surface area contributed by atoms with Gasteiger partial charge in [-0.1, -0.05) is 24.6 Å². The number of ketones is 1. The van der Waals surface area contributed by atoms with Crippen LogP contribution in [0.5, 0.6) is 0 Å². The molecule has 0 aromatic heterocycles. The first-order chi connectivity index (χ1) is 10.2. The van der Waals surface area contributed by atoms with Crippen LogP contribution in [0.4, 0.5) is 5.69 Å². The van der Waals surface area contributed by atoms with E-state index in [2.05, 4.69) is 12.1 Å². The van der Waals surface area contributed by atoms with Crippen molar-refractivity contribution in [2.24, 2.45) is 17.8 Å². The van der Waals surface area contributed by atoms with Crippen molar-refractivity contribution in [3.8, 4) is 0 Å². The molecule has 0 radical (unpaired) electrons. The van der Waals surface area contributed by atoms with Gasteiger partial charge < -0.3 is 4.90 Å². The molecule has 0 saturated heterocycles. The maximum atomic E-state index is 12.9. The third-order valence-electron chi connectivity index (χ3n) is 5.55. The normalized spacial score (nSPS) is 31.1. The van der Waals surface area contributed by atoms with Crippen molar-refractivity contribution in [2.45, 2.75) is 38.5 Å². The van der Waals surface area contributed by atoms with Gasteiger partial charge in [0.25, 0.3) is 0 Å². The molecule has 3 aliphatic rings. The second-order valence-electron chi connectivity index (χ2n) is 6.76. The molecule has 2 aliphatic carbocycles. The van der Waals surface area contributed by atoms with Crippen molar-refractivity contribution >= 4 is 17.4 Å². The number of rotatable bonds is 1. The van der Waals surface area contributed by atoms with Crippen LogP contribution in [0.2, 0.25) is 0 Å². The number of carbonyl (C=O) groups is 2. The Kier molecular flexibility index (Phi) is 3.09. The molecular formula is C18H21NO2. The zero-order chi connectivity index (χ0) is 14.4. The second-order valence-corrected chi connectivity index (χ2v) is 6.76. The minimum atomic E-state index is 0.0594. The standard InChI is InChI=1S/C18H21NO2/c20-17-13-5-3-6-14(17)11-15(10-13)18(21)19-9-8-12-4-1-2-7-16(12)19/h1-2,4,7,13-15H,3,5-6,8-11H2. The summed E-state index contributed by atoms with van der Waals surface area (Å²) in [6.07, 6.45) is 5.68. The van der Waals surface area contributed by atoms with Crippen LogP contribution in [0, 0.1) is 17.8 Å². The maximum Gasteiger partial charge on any atom is 0.230 e. The van der Waals surface area contributed by atoms with Crippen LogP contribution >= 0.6 is 0 Å². The summed E-state index contributed by atoms with van der Waals surface area (Å²) in [7, 11) is 0. The highest BCUT2D eigenvalue weighted by molar-refractivity contribution is 5.98. The van der Waals surface area contributed by atoms with Crippen molar-refractivity contribution in [2.75, 3.05) is 11.4 Å². The topological polar surface area (TPSA) is 37.4 Å². The van der Waals surface area contributed by atoms with E-state index in [0.717, 1.165) is 50.8 Å². The molecule has 0 N–H and O–H groups in total. The van der Waals surface area contributed by atoms with Gasteiger partial charge in [0.1, 0.15) is 5.78 Å². The number of Topliss-reactive ketones (excluding diaryl/α,β-unsaturated/α-hetero) is 1. The molecule has 4 rings (SSSR count). The Hall–Kier alpha value is -1.64. The lowest BCUT2D eigenvalue weighted by atomic mass is 9.67. The Morgan fingerprint density at radius 1 is 1.10 bits per heavy atom. The van der Waals surface area contributed by atoms with Gasteiger partial charge in [0, 0.05) is 30.0 Å². The third-order valence-corrected chi connectivity index (χ3v) is 5.55. The minimum absolute atomic E-state index is 0.0594. The number of anilines is 1. The zero-order valence-corrected chi connectivity index (χ0v) is 12.3. The van der Waals surface area contributed by atoms with Crippen molar-refractivity contribution in [1.29, 1.82) is 0 Å². The molecule has 2 saturated carbocycles. The van der Waals surface area contributed by atoms with Crippen molar-refractivity contribution < 1.29 is 9.59 Å². The molecule has 3 nitrogen and oxygen atoms in total. The SMILES string of the molecule is O=C1C2CCCC1CC(C(=O)N1CCc3ccccc31)C2. The number of carbonyl (C=O) groups excluding carboxylic acids is 2. The highest BCUT2D eigenvalue weighted by Crippen LogP contribution is 2.41. The predicted octanol–water partition coefficient (Wildman–Crippen LogP) is 2.97. The Morgan fingerprint density at radius 3 is 2.57 bits per heavy atom. The molecule has 1 heterocycles. The van der Waals surface area contributed by atoms with Gasteiger partial charge in [0.05, 0.1) is 0 Å². The number of amides is 1. The van der Waals surface area contributed by atoms with E-state index in [1.165, 1.54) is 5.56 Å². The summed E-state index contributed by atoms with van der Waals surface area (Å²) in [6.45, 7) is 0.804. The van der Waals surface area contributed by atoms with E-state index in [0.29, 0.717) is 5.78 Å². The van der Waals surface area contributed by atoms with Crippen LogP contribution in [-0.2, 0) is 16.0 Å². The number of hydrogen-bond acceptors (Lipinski definition) is 2. The molecule has 1 amide bonds. The largest absolute Gasteiger partial charge is 0.312 e. The Balaban J connectivity index is 1.55. The first kappa shape index (κ1) is 13.1. The molecule has 2 bridgehead atoms. The fourth-order valence-electron chi connectivity index (χ4n) is 4.47. The Labute approximate surface area is 125 Å². The second kappa shape index (κ2) is 4.97. The summed E-state index contributed by atoms with van der Waals surface area (Å²) in [6, 6.07) is 8.21. The van der Waals surface area contributed by atoms with Gasteiger partial charge >= 0.3 is 0 Å². The van der Waals surface area contributed by atoms with Crippen LogP contribution in [0.25, 0.3) is 0 Å². The van der Waals surface area contributed by atoms with Gasteiger partial charge in [-0.3, -0.25) is 9.59 Å². The van der Waals surface area contributed by atoms with E-state index < -0.39 is 0 Å². The molecule has 2 fully saturated rings. The molecular weight excluding hydrogens is 262 g/mol. The Bertz CT molecular complexity index is 579. The molecule has 1 aliphatic heterocycles. The number of para-hydroxylation sites is 1. The van der Waals surface area contributed by atoms with E-state index in [-0.39, 0.29) is 23.7 Å². The lowest BCUT2D eigenvalue weighted by molar-refractivity contribution is -0.136. The molecule has 0 spiro atoms. The molecule has 110 valence electrons. The molecule has 1 aromatic rings. The summed E-state index contributed by atoms with van der Waals surface area (Å²) >= 11 is 0. The van der Waals surface area contributed by atoms with Crippen LogP contribution in [0.1, 0.15) is 37.7 Å². The first-order valence-electron chi connectivity index (χ1n) is 8.17. The van der Waals surface area contributed by atoms with E-state index in [4.69, 9.17) is 0 Å². The number of nitrogens with zero attached hydrogens (tertiary/aromatic N) is 1. The summed E-state index contributed by atoms with van der Waals surface area (Å²) < 4.78 is 0. The maximum absolute atomic E-state index is 12.9. The highest BCUT2D eigenvalue weighted by Gasteiger charge is 2.43. The first-order valence-corrected chi connectivity index (χ1v) is 8.17. The summed E-state index contributed by atoms with van der Waals surface area (Å²) in [5, 5.41) is 0. The average Bonchev–Trinajstić information content (AvgIpc) is 2.90. The highest BCUT2D eigenvalue weighted by atomic mass is 16.2. The van der Waals surface area contributed by atoms with Gasteiger partial charge in [-0.2, -0.15) is 0 Å². The lowest BCUT2D eigenvalue weighted by Crippen LogP contribution is -2.43. The number of benzene rings is 1. The van der Waals surface area contributed by atoms with Crippen molar-refractivity contribution in [3.05, 3.63) is 29.8 Å². The van der Waals surface area contributed by atoms with E-state index in [1.807, 2.05) is 17.0 Å². The minimum Gasteiger partial charge on any atom is -0.312 e. The number of fused-ring (bicyclic) bond motifs is 3. The molecule has 3 heteroatoms. The monoisotopic (exact) mass is 283 g/mol. The van der Waals surface area contributed by atoms with Gasteiger partial charge in [-0.25, -0.2) is 0 Å². The average molecular weight is 283 g/mol. The van der Waals surface area contributed by atoms with Crippen LogP contribution in [0.15, 0.2) is 24.3 Å². The summed E-state index contributed by atoms with van der Waals surface area (Å²) in [5.74, 6) is 1.06. The Morgan fingerprint density at radius 2 is 1.81 bits per heavy atom. The third kappa shape index (κ3) is 2.10. The fraction of sp³-hybridized carbons (Fsp3) is 0.556. The van der Waals surface area contributed by atoms with Crippen LogP contribution in [-0.4, -0.2) is 18.2 Å². The molecule has 1 aromatic carbocycles. The van der Waals surface area contributed by atoms with Gasteiger partial charge in [0.2, 0.25) is 5.91 Å². The van der Waals surface area contributed by atoms with Gasteiger partial charge in [-0.05, 0) is 43.7 Å². The fourth-order valence-corrected chi connectivity index (χ4v) is 4.47. The van der Waals surface area contributed by atoms with E-state index in [1.54, 1.807) is 0 Å². The molecule has 2 unspecified atom stereocenters. The predicted molar refractivity (Wildman–Crippen MR) is 81.1 cm³/mol. The van der Waals surface area contributed by atoms with Gasteiger partial charge in [0.15, 0.2) is 0 Å². The van der Waals surface area contributed by atoms with Crippen molar-refractivity contribution in [1.82, 2.24) is 0 Å².